The zero-order valence-electron chi connectivity index (χ0n) is 13.5. The third kappa shape index (κ3) is 2.52. The molecule has 0 spiro atoms. The van der Waals surface area contributed by atoms with Crippen molar-refractivity contribution in [2.45, 2.75) is 31.5 Å². The predicted molar refractivity (Wildman–Crippen MR) is 86.2 cm³/mol. The van der Waals surface area contributed by atoms with Crippen molar-refractivity contribution in [2.24, 2.45) is 0 Å². The molecule has 1 aliphatic heterocycles. The van der Waals surface area contributed by atoms with E-state index in [-0.39, 0.29) is 0 Å². The van der Waals surface area contributed by atoms with E-state index in [1.54, 1.807) is 22.8 Å². The van der Waals surface area contributed by atoms with Crippen LogP contribution in [0.1, 0.15) is 30.9 Å². The molecule has 0 N–H and O–H groups in total. The van der Waals surface area contributed by atoms with Crippen LogP contribution in [0.15, 0.2) is 42.9 Å². The molecule has 1 atom stereocenters. The van der Waals surface area contributed by atoms with E-state index in [0.717, 1.165) is 42.9 Å². The highest BCUT2D eigenvalue weighted by Gasteiger charge is 2.40. The van der Waals surface area contributed by atoms with Crippen LogP contribution in [0.4, 0.5) is 19.0 Å². The van der Waals surface area contributed by atoms with Gasteiger partial charge in [0, 0.05) is 12.7 Å². The number of benzene rings is 1. The number of hydrogen-bond donors (Lipinski definition) is 0. The maximum atomic E-state index is 12.8. The van der Waals surface area contributed by atoms with Crippen molar-refractivity contribution < 1.29 is 13.2 Å². The lowest BCUT2D eigenvalue weighted by atomic mass is 9.88. The second-order valence-corrected chi connectivity index (χ2v) is 6.38. The summed E-state index contributed by atoms with van der Waals surface area (Å²) < 4.78 is 40.2. The van der Waals surface area contributed by atoms with Crippen molar-refractivity contribution in [1.82, 2.24) is 19.6 Å². The molecule has 4 rings (SSSR count). The molecule has 0 saturated carbocycles. The molecule has 1 aromatic carbocycles. The second kappa shape index (κ2) is 5.44. The Kier molecular flexibility index (Phi) is 3.45. The molecule has 3 aromatic rings. The van der Waals surface area contributed by atoms with E-state index in [0.29, 0.717) is 5.78 Å². The summed E-state index contributed by atoms with van der Waals surface area (Å²) in [4.78, 5) is 10.4. The number of rotatable bonds is 2. The van der Waals surface area contributed by atoms with Gasteiger partial charge >= 0.3 is 6.18 Å². The molecule has 0 aliphatic carbocycles. The minimum atomic E-state index is -4.33. The molecule has 25 heavy (non-hydrogen) atoms. The van der Waals surface area contributed by atoms with Crippen LogP contribution in [-0.4, -0.2) is 26.1 Å². The maximum Gasteiger partial charge on any atom is 0.416 e. The molecule has 1 saturated heterocycles. The van der Waals surface area contributed by atoms with Crippen LogP contribution >= 0.6 is 0 Å². The van der Waals surface area contributed by atoms with Gasteiger partial charge in [0.05, 0.1) is 11.1 Å². The third-order valence-corrected chi connectivity index (χ3v) is 4.91. The van der Waals surface area contributed by atoms with Gasteiger partial charge in [-0.05, 0) is 43.5 Å². The molecule has 1 fully saturated rings. The first kappa shape index (κ1) is 15.9. The summed E-state index contributed by atoms with van der Waals surface area (Å²) in [7, 11) is 0. The lowest BCUT2D eigenvalue weighted by Crippen LogP contribution is -2.40. The van der Waals surface area contributed by atoms with E-state index >= 15 is 0 Å². The number of aromatic nitrogens is 4. The van der Waals surface area contributed by atoms with Gasteiger partial charge in [-0.3, -0.25) is 0 Å². The summed E-state index contributed by atoms with van der Waals surface area (Å²) in [6.45, 7) is 2.84. The minimum absolute atomic E-state index is 0.412. The van der Waals surface area contributed by atoms with Crippen LogP contribution in [0.3, 0.4) is 0 Å². The van der Waals surface area contributed by atoms with Crippen molar-refractivity contribution in [3.63, 3.8) is 0 Å². The monoisotopic (exact) mass is 347 g/mol. The van der Waals surface area contributed by atoms with Gasteiger partial charge in [0.1, 0.15) is 12.1 Å². The van der Waals surface area contributed by atoms with Gasteiger partial charge in [-0.2, -0.15) is 27.8 Å². The summed E-state index contributed by atoms with van der Waals surface area (Å²) in [6, 6.07) is 7.29. The molecule has 1 unspecified atom stereocenters. The zero-order valence-corrected chi connectivity index (χ0v) is 13.5. The Labute approximate surface area is 142 Å². The Morgan fingerprint density at radius 2 is 1.84 bits per heavy atom. The number of alkyl halides is 3. The third-order valence-electron chi connectivity index (χ3n) is 4.91. The van der Waals surface area contributed by atoms with Crippen LogP contribution in [0.25, 0.3) is 5.78 Å². The number of hydrogen-bond acceptors (Lipinski definition) is 4. The molecule has 1 aliphatic rings. The first-order valence-electron chi connectivity index (χ1n) is 8.00. The van der Waals surface area contributed by atoms with Crippen molar-refractivity contribution in [1.29, 1.82) is 0 Å². The highest BCUT2D eigenvalue weighted by molar-refractivity contribution is 5.51. The topological polar surface area (TPSA) is 46.3 Å². The second-order valence-electron chi connectivity index (χ2n) is 6.38. The van der Waals surface area contributed by atoms with E-state index in [1.165, 1.54) is 6.33 Å². The highest BCUT2D eigenvalue weighted by Crippen LogP contribution is 2.42. The first-order chi connectivity index (χ1) is 11.9. The lowest BCUT2D eigenvalue weighted by molar-refractivity contribution is -0.137. The van der Waals surface area contributed by atoms with Crippen LogP contribution < -0.4 is 4.90 Å². The fourth-order valence-corrected chi connectivity index (χ4v) is 3.58. The van der Waals surface area contributed by atoms with Gasteiger partial charge in [0.15, 0.2) is 0 Å². The van der Waals surface area contributed by atoms with Gasteiger partial charge in [-0.15, -0.1) is 0 Å². The summed E-state index contributed by atoms with van der Waals surface area (Å²) in [5.41, 5.74) is -0.195. The Bertz CT molecular complexity index is 903. The molecular formula is C17H16F3N5. The number of anilines is 1. The molecule has 130 valence electrons. The zero-order chi connectivity index (χ0) is 17.7. The molecule has 0 amide bonds. The Hall–Kier alpha value is -2.64. The molecule has 8 heteroatoms. The number of halogens is 3. The van der Waals surface area contributed by atoms with Crippen molar-refractivity contribution in [3.8, 4) is 0 Å². The average molecular weight is 347 g/mol. The summed E-state index contributed by atoms with van der Waals surface area (Å²) in [6.07, 6.45) is 0.571. The van der Waals surface area contributed by atoms with Crippen molar-refractivity contribution >= 4 is 11.6 Å². The lowest BCUT2D eigenvalue weighted by Gasteiger charge is -2.37. The Morgan fingerprint density at radius 1 is 1.08 bits per heavy atom. The van der Waals surface area contributed by atoms with E-state index in [9.17, 15) is 13.2 Å². The van der Waals surface area contributed by atoms with Gasteiger partial charge in [-0.25, -0.2) is 4.98 Å². The molecule has 0 radical (unpaired) electrons. The largest absolute Gasteiger partial charge is 0.416 e. The smallest absolute Gasteiger partial charge is 0.347 e. The molecular weight excluding hydrogens is 331 g/mol. The van der Waals surface area contributed by atoms with Crippen LogP contribution in [0, 0.1) is 0 Å². The van der Waals surface area contributed by atoms with Crippen molar-refractivity contribution in [3.05, 3.63) is 54.0 Å². The normalized spacial score (nSPS) is 21.2. The maximum absolute atomic E-state index is 12.8. The SMILES string of the molecule is CC1(c2ccc(C(F)(F)F)cc2)CCCN1c1ccnc2ncnn12. The Morgan fingerprint density at radius 3 is 2.56 bits per heavy atom. The minimum Gasteiger partial charge on any atom is -0.347 e. The summed E-state index contributed by atoms with van der Waals surface area (Å²) >= 11 is 0. The van der Waals surface area contributed by atoms with Crippen LogP contribution in [-0.2, 0) is 11.7 Å². The van der Waals surface area contributed by atoms with Crippen LogP contribution in [0.2, 0.25) is 0 Å². The highest BCUT2D eigenvalue weighted by atomic mass is 19.4. The van der Waals surface area contributed by atoms with Gasteiger partial charge in [0.25, 0.3) is 5.78 Å². The van der Waals surface area contributed by atoms with E-state index in [2.05, 4.69) is 20.0 Å². The number of fused-ring (bicyclic) bond motifs is 1. The predicted octanol–water partition coefficient (Wildman–Crippen LogP) is 3.66. The summed E-state index contributed by atoms with van der Waals surface area (Å²) in [5.74, 6) is 1.33. The molecule has 5 nitrogen and oxygen atoms in total. The van der Waals surface area contributed by atoms with E-state index < -0.39 is 17.3 Å². The molecule has 3 heterocycles. The molecule has 0 bridgehead atoms. The fourth-order valence-electron chi connectivity index (χ4n) is 3.58. The number of nitrogens with zero attached hydrogens (tertiary/aromatic N) is 5. The van der Waals surface area contributed by atoms with Gasteiger partial charge in [-0.1, -0.05) is 12.1 Å². The van der Waals surface area contributed by atoms with Crippen LogP contribution in [0.5, 0.6) is 0 Å². The standard InChI is InChI=1S/C17H16F3N5/c1-16(12-3-5-13(6-4-12)17(18,19)20)8-2-10-24(16)14-7-9-21-15-22-11-23-25(14)15/h3-7,9,11H,2,8,10H2,1H3. The molecule has 2 aromatic heterocycles. The quantitative estimate of drug-likeness (QED) is 0.710. The summed E-state index contributed by atoms with van der Waals surface area (Å²) in [5, 5.41) is 4.22. The fraction of sp³-hybridized carbons (Fsp3) is 0.353. The van der Waals surface area contributed by atoms with E-state index in [1.807, 2.05) is 13.0 Å². The van der Waals surface area contributed by atoms with Gasteiger partial charge < -0.3 is 4.90 Å². The first-order valence-corrected chi connectivity index (χ1v) is 8.00. The Balaban J connectivity index is 1.76. The van der Waals surface area contributed by atoms with Gasteiger partial charge in [0.2, 0.25) is 0 Å². The van der Waals surface area contributed by atoms with Crippen molar-refractivity contribution in [2.75, 3.05) is 11.4 Å². The van der Waals surface area contributed by atoms with E-state index in [4.69, 9.17) is 0 Å². The average Bonchev–Trinajstić information content (AvgIpc) is 3.21.